The molecule has 0 atom stereocenters. The van der Waals surface area contributed by atoms with Gasteiger partial charge in [-0.2, -0.15) is 0 Å². The third-order valence-corrected chi connectivity index (χ3v) is 3.69. The number of benzene rings is 1. The van der Waals surface area contributed by atoms with Crippen molar-refractivity contribution < 1.29 is 19.1 Å². The predicted octanol–water partition coefficient (Wildman–Crippen LogP) is 0.207. The Hall–Kier alpha value is -2.87. The van der Waals surface area contributed by atoms with Crippen molar-refractivity contribution in [2.45, 2.75) is 19.7 Å². The fourth-order valence-corrected chi connectivity index (χ4v) is 2.41. The number of fused-ring (bicyclic) bond motifs is 1. The molecule has 0 aliphatic carbocycles. The van der Waals surface area contributed by atoms with E-state index in [9.17, 15) is 9.59 Å². The first-order valence-corrected chi connectivity index (χ1v) is 7.54. The first-order chi connectivity index (χ1) is 11.6. The number of primary amides is 1. The molecule has 3 rings (SSSR count). The van der Waals surface area contributed by atoms with Crippen molar-refractivity contribution in [3.63, 3.8) is 0 Å². The minimum Gasteiger partial charge on any atom is -0.484 e. The molecular formula is C16H18N4O4. The number of nitrogens with one attached hydrogen (secondary N) is 1. The molecule has 0 saturated carbocycles. The van der Waals surface area contributed by atoms with Crippen LogP contribution in [0.15, 0.2) is 30.5 Å². The molecule has 0 spiro atoms. The van der Waals surface area contributed by atoms with Gasteiger partial charge in [-0.05, 0) is 24.3 Å². The normalized spacial score (nSPS) is 13.2. The summed E-state index contributed by atoms with van der Waals surface area (Å²) in [5.41, 5.74) is 6.49. The number of carbonyl (C=O) groups is 2. The van der Waals surface area contributed by atoms with Crippen LogP contribution in [0.25, 0.3) is 0 Å². The van der Waals surface area contributed by atoms with E-state index in [1.54, 1.807) is 30.5 Å². The summed E-state index contributed by atoms with van der Waals surface area (Å²) >= 11 is 0. The summed E-state index contributed by atoms with van der Waals surface area (Å²) in [7, 11) is 0. The van der Waals surface area contributed by atoms with Crippen molar-refractivity contribution in [2.75, 3.05) is 13.2 Å². The number of amides is 2. The Balaban J connectivity index is 1.47. The number of hydrogen-bond donors (Lipinski definition) is 2. The molecule has 1 aromatic heterocycles. The maximum Gasteiger partial charge on any atom is 0.258 e. The summed E-state index contributed by atoms with van der Waals surface area (Å²) in [6, 6.07) is 6.30. The third kappa shape index (κ3) is 3.72. The lowest BCUT2D eigenvalue weighted by atomic mass is 10.2. The Labute approximate surface area is 138 Å². The van der Waals surface area contributed by atoms with E-state index < -0.39 is 5.91 Å². The first-order valence-electron chi connectivity index (χ1n) is 7.54. The summed E-state index contributed by atoms with van der Waals surface area (Å²) in [4.78, 5) is 27.1. The van der Waals surface area contributed by atoms with Crippen molar-refractivity contribution in [1.82, 2.24) is 14.9 Å². The Morgan fingerprint density at radius 3 is 2.88 bits per heavy atom. The fourth-order valence-electron chi connectivity index (χ4n) is 2.41. The Kier molecular flexibility index (Phi) is 4.76. The van der Waals surface area contributed by atoms with Gasteiger partial charge in [0.25, 0.3) is 5.91 Å². The standard InChI is InChI=1S/C16H18N4O4/c17-16(22)11-1-3-13(4-2-11)24-10-15(21)19-8-12-7-18-14-9-23-6-5-20(12)14/h1-4,7H,5-6,8-10H2,(H2,17,22)(H,19,21). The maximum atomic E-state index is 11.9. The molecule has 126 valence electrons. The molecule has 0 bridgehead atoms. The lowest BCUT2D eigenvalue weighted by molar-refractivity contribution is -0.123. The molecule has 1 aliphatic rings. The molecule has 0 fully saturated rings. The number of nitrogens with two attached hydrogens (primary N) is 1. The molecule has 8 nitrogen and oxygen atoms in total. The number of ether oxygens (including phenoxy) is 2. The van der Waals surface area contributed by atoms with E-state index in [1.165, 1.54) is 0 Å². The number of carbonyl (C=O) groups excluding carboxylic acids is 2. The lowest BCUT2D eigenvalue weighted by Gasteiger charge is -2.17. The van der Waals surface area contributed by atoms with E-state index in [1.807, 2.05) is 4.57 Å². The zero-order chi connectivity index (χ0) is 16.9. The lowest BCUT2D eigenvalue weighted by Crippen LogP contribution is -2.30. The topological polar surface area (TPSA) is 108 Å². The van der Waals surface area contributed by atoms with Crippen LogP contribution in [0.3, 0.4) is 0 Å². The molecule has 2 heterocycles. The molecule has 2 amide bonds. The van der Waals surface area contributed by atoms with E-state index >= 15 is 0 Å². The van der Waals surface area contributed by atoms with Crippen LogP contribution in [-0.4, -0.2) is 34.6 Å². The average Bonchev–Trinajstić information content (AvgIpc) is 3.01. The fraction of sp³-hybridized carbons (Fsp3) is 0.312. The van der Waals surface area contributed by atoms with Gasteiger partial charge in [0.1, 0.15) is 18.2 Å². The number of rotatable bonds is 6. The van der Waals surface area contributed by atoms with Gasteiger partial charge in [0.2, 0.25) is 5.91 Å². The number of aromatic nitrogens is 2. The van der Waals surface area contributed by atoms with Gasteiger partial charge < -0.3 is 25.1 Å². The third-order valence-electron chi connectivity index (χ3n) is 3.69. The molecule has 1 aliphatic heterocycles. The number of nitrogens with zero attached hydrogens (tertiary/aromatic N) is 2. The first kappa shape index (κ1) is 16.0. The second-order valence-corrected chi connectivity index (χ2v) is 5.32. The van der Waals surface area contributed by atoms with Gasteiger partial charge in [-0.15, -0.1) is 0 Å². The average molecular weight is 330 g/mol. The molecule has 0 radical (unpaired) electrons. The van der Waals surface area contributed by atoms with Crippen molar-refractivity contribution in [3.8, 4) is 5.75 Å². The minimum absolute atomic E-state index is 0.111. The van der Waals surface area contributed by atoms with Crippen LogP contribution in [0.2, 0.25) is 0 Å². The monoisotopic (exact) mass is 330 g/mol. The molecule has 1 aromatic carbocycles. The Bertz CT molecular complexity index is 739. The van der Waals surface area contributed by atoms with Crippen LogP contribution in [-0.2, 0) is 29.2 Å². The zero-order valence-electron chi connectivity index (χ0n) is 13.0. The van der Waals surface area contributed by atoms with Gasteiger partial charge in [0.15, 0.2) is 6.61 Å². The van der Waals surface area contributed by atoms with E-state index in [4.69, 9.17) is 15.2 Å². The highest BCUT2D eigenvalue weighted by Gasteiger charge is 2.14. The molecule has 0 unspecified atom stereocenters. The predicted molar refractivity (Wildman–Crippen MR) is 84.2 cm³/mol. The van der Waals surface area contributed by atoms with Gasteiger partial charge >= 0.3 is 0 Å². The largest absolute Gasteiger partial charge is 0.484 e. The van der Waals surface area contributed by atoms with Gasteiger partial charge in [-0.1, -0.05) is 0 Å². The SMILES string of the molecule is NC(=O)c1ccc(OCC(=O)NCc2cnc3n2CCOC3)cc1. The van der Waals surface area contributed by atoms with Crippen LogP contribution in [0.1, 0.15) is 21.9 Å². The highest BCUT2D eigenvalue weighted by Crippen LogP contribution is 2.12. The summed E-state index contributed by atoms with van der Waals surface area (Å²) in [6.45, 7) is 2.16. The van der Waals surface area contributed by atoms with Crippen LogP contribution in [0, 0.1) is 0 Å². The van der Waals surface area contributed by atoms with Crippen LogP contribution >= 0.6 is 0 Å². The maximum absolute atomic E-state index is 11.9. The highest BCUT2D eigenvalue weighted by atomic mass is 16.5. The van der Waals surface area contributed by atoms with Gasteiger partial charge in [-0.25, -0.2) is 4.98 Å². The second kappa shape index (κ2) is 7.14. The highest BCUT2D eigenvalue weighted by molar-refractivity contribution is 5.92. The van der Waals surface area contributed by atoms with Crippen LogP contribution < -0.4 is 15.8 Å². The van der Waals surface area contributed by atoms with E-state index in [0.717, 1.165) is 18.1 Å². The van der Waals surface area contributed by atoms with E-state index in [0.29, 0.717) is 31.1 Å². The molecule has 24 heavy (non-hydrogen) atoms. The Morgan fingerprint density at radius 2 is 2.12 bits per heavy atom. The number of hydrogen-bond acceptors (Lipinski definition) is 5. The van der Waals surface area contributed by atoms with Crippen LogP contribution in [0.4, 0.5) is 0 Å². The second-order valence-electron chi connectivity index (χ2n) is 5.32. The van der Waals surface area contributed by atoms with Gasteiger partial charge in [0, 0.05) is 12.1 Å². The van der Waals surface area contributed by atoms with Gasteiger partial charge in [0.05, 0.1) is 25.0 Å². The molecule has 2 aromatic rings. The van der Waals surface area contributed by atoms with Crippen molar-refractivity contribution in [2.24, 2.45) is 5.73 Å². The smallest absolute Gasteiger partial charge is 0.258 e. The molecule has 8 heteroatoms. The molecule has 0 saturated heterocycles. The summed E-state index contributed by atoms with van der Waals surface area (Å²) in [6.07, 6.45) is 1.74. The van der Waals surface area contributed by atoms with Crippen molar-refractivity contribution >= 4 is 11.8 Å². The van der Waals surface area contributed by atoms with Crippen molar-refractivity contribution in [1.29, 1.82) is 0 Å². The summed E-state index contributed by atoms with van der Waals surface area (Å²) < 4.78 is 12.8. The molecular weight excluding hydrogens is 312 g/mol. The summed E-state index contributed by atoms with van der Waals surface area (Å²) in [5, 5.41) is 2.80. The number of imidazole rings is 1. The van der Waals surface area contributed by atoms with Gasteiger partial charge in [-0.3, -0.25) is 9.59 Å². The van der Waals surface area contributed by atoms with Crippen LogP contribution in [0.5, 0.6) is 5.75 Å². The Morgan fingerprint density at radius 1 is 1.33 bits per heavy atom. The molecule has 3 N–H and O–H groups in total. The van der Waals surface area contributed by atoms with E-state index in [-0.39, 0.29) is 12.5 Å². The zero-order valence-corrected chi connectivity index (χ0v) is 13.0. The van der Waals surface area contributed by atoms with Crippen molar-refractivity contribution in [3.05, 3.63) is 47.5 Å². The minimum atomic E-state index is -0.506. The van der Waals surface area contributed by atoms with E-state index in [2.05, 4.69) is 10.3 Å². The summed E-state index contributed by atoms with van der Waals surface area (Å²) in [5.74, 6) is 0.621. The quantitative estimate of drug-likeness (QED) is 0.787.